The van der Waals surface area contributed by atoms with Gasteiger partial charge in [-0.3, -0.25) is 4.79 Å². The normalized spacial score (nSPS) is 16.8. The molecule has 1 fully saturated rings. The summed E-state index contributed by atoms with van der Waals surface area (Å²) < 4.78 is 10.4. The third-order valence-electron chi connectivity index (χ3n) is 2.30. The van der Waals surface area contributed by atoms with Crippen LogP contribution in [0, 0.1) is 0 Å². The molecule has 0 aromatic heterocycles. The van der Waals surface area contributed by atoms with Crippen LogP contribution in [0.25, 0.3) is 0 Å². The first-order valence-corrected chi connectivity index (χ1v) is 4.88. The highest BCUT2D eigenvalue weighted by Crippen LogP contribution is 2.16. The minimum absolute atomic E-state index is 0.0417. The first-order chi connectivity index (χ1) is 7.27. The van der Waals surface area contributed by atoms with Crippen LogP contribution in [0.4, 0.5) is 5.69 Å². The van der Waals surface area contributed by atoms with E-state index in [0.717, 1.165) is 0 Å². The van der Waals surface area contributed by atoms with E-state index in [-0.39, 0.29) is 12.2 Å². The third kappa shape index (κ3) is 2.34. The summed E-state index contributed by atoms with van der Waals surface area (Å²) in [7, 11) is 0. The molecule has 0 aliphatic carbocycles. The zero-order valence-corrected chi connectivity index (χ0v) is 8.31. The van der Waals surface area contributed by atoms with E-state index in [2.05, 4.69) is 0 Å². The number of nitrogens with two attached hydrogens (primary N) is 1. The lowest BCUT2D eigenvalue weighted by Gasteiger charge is -2.08. The van der Waals surface area contributed by atoms with Gasteiger partial charge in [0, 0.05) is 11.3 Å². The fraction of sp³-hybridized carbons (Fsp3) is 0.364. The molecule has 4 heteroatoms. The Kier molecular flexibility index (Phi) is 2.99. The molecule has 1 aromatic rings. The molecule has 1 heterocycles. The first-order valence-electron chi connectivity index (χ1n) is 4.88. The summed E-state index contributed by atoms with van der Waals surface area (Å²) in [6.07, 6.45) is -0.175. The molecule has 4 nitrogen and oxygen atoms in total. The summed E-state index contributed by atoms with van der Waals surface area (Å²) >= 11 is 0. The van der Waals surface area contributed by atoms with Crippen LogP contribution < -0.4 is 5.73 Å². The van der Waals surface area contributed by atoms with Gasteiger partial charge in [-0.1, -0.05) is 12.1 Å². The summed E-state index contributed by atoms with van der Waals surface area (Å²) in [6.45, 7) is 1.12. The highest BCUT2D eigenvalue weighted by atomic mass is 16.7. The Morgan fingerprint density at radius 3 is 2.67 bits per heavy atom. The molecule has 0 saturated carbocycles. The smallest absolute Gasteiger partial charge is 0.170 e. The molecule has 1 aliphatic rings. The van der Waals surface area contributed by atoms with Crippen LogP contribution >= 0.6 is 0 Å². The van der Waals surface area contributed by atoms with Crippen molar-refractivity contribution in [3.63, 3.8) is 0 Å². The van der Waals surface area contributed by atoms with Gasteiger partial charge in [0.25, 0.3) is 0 Å². The maximum absolute atomic E-state index is 11.8. The van der Waals surface area contributed by atoms with Crippen molar-refractivity contribution in [3.8, 4) is 0 Å². The molecule has 0 atom stereocenters. The van der Waals surface area contributed by atoms with Crippen LogP contribution in [-0.4, -0.2) is 25.3 Å². The van der Waals surface area contributed by atoms with E-state index in [1.54, 1.807) is 24.3 Å². The number of anilines is 1. The molecule has 0 bridgehead atoms. The fourth-order valence-electron chi connectivity index (χ4n) is 1.54. The van der Waals surface area contributed by atoms with E-state index in [1.807, 2.05) is 0 Å². The van der Waals surface area contributed by atoms with Crippen LogP contribution in [0.3, 0.4) is 0 Å². The van der Waals surface area contributed by atoms with Crippen molar-refractivity contribution in [2.75, 3.05) is 18.9 Å². The van der Waals surface area contributed by atoms with Crippen molar-refractivity contribution in [2.24, 2.45) is 0 Å². The summed E-state index contributed by atoms with van der Waals surface area (Å²) in [5.74, 6) is -0.0417. The number of carbonyl (C=O) groups excluding carboxylic acids is 1. The summed E-state index contributed by atoms with van der Waals surface area (Å²) in [6, 6.07) is 7.02. The maximum atomic E-state index is 11.8. The fourth-order valence-corrected chi connectivity index (χ4v) is 1.54. The Hall–Kier alpha value is -1.39. The standard InChI is InChI=1S/C11H13NO3/c12-9-4-2-1-3-8(9)10(13)7-11-14-5-6-15-11/h1-4,11H,5-7,12H2. The first kappa shape index (κ1) is 10.1. The number of nitrogen functional groups attached to an aromatic ring is 1. The van der Waals surface area contributed by atoms with Crippen molar-refractivity contribution in [1.82, 2.24) is 0 Å². The molecule has 15 heavy (non-hydrogen) atoms. The van der Waals surface area contributed by atoms with E-state index in [1.165, 1.54) is 0 Å². The second-order valence-electron chi connectivity index (χ2n) is 3.39. The SMILES string of the molecule is Nc1ccccc1C(=O)CC1OCCO1. The van der Waals surface area contributed by atoms with Crippen LogP contribution in [0.5, 0.6) is 0 Å². The Labute approximate surface area is 88.0 Å². The average molecular weight is 207 g/mol. The largest absolute Gasteiger partial charge is 0.398 e. The minimum atomic E-state index is -0.405. The Balaban J connectivity index is 2.04. The number of hydrogen-bond acceptors (Lipinski definition) is 4. The molecule has 1 aliphatic heterocycles. The Morgan fingerprint density at radius 1 is 1.33 bits per heavy atom. The highest BCUT2D eigenvalue weighted by Gasteiger charge is 2.21. The molecule has 0 amide bonds. The van der Waals surface area contributed by atoms with Crippen LogP contribution in [0.15, 0.2) is 24.3 Å². The molecule has 2 rings (SSSR count). The van der Waals surface area contributed by atoms with Gasteiger partial charge in [-0.15, -0.1) is 0 Å². The molecule has 1 saturated heterocycles. The van der Waals surface area contributed by atoms with E-state index >= 15 is 0 Å². The molecule has 0 spiro atoms. The van der Waals surface area contributed by atoms with Gasteiger partial charge in [0.1, 0.15) is 0 Å². The van der Waals surface area contributed by atoms with E-state index in [9.17, 15) is 4.79 Å². The lowest BCUT2D eigenvalue weighted by atomic mass is 10.1. The van der Waals surface area contributed by atoms with Crippen LogP contribution in [0.1, 0.15) is 16.8 Å². The molecule has 0 radical (unpaired) electrons. The van der Waals surface area contributed by atoms with Crippen molar-refractivity contribution < 1.29 is 14.3 Å². The monoisotopic (exact) mass is 207 g/mol. The lowest BCUT2D eigenvalue weighted by molar-refractivity contribution is -0.0407. The number of benzene rings is 1. The maximum Gasteiger partial charge on any atom is 0.170 e. The molecule has 80 valence electrons. The van der Waals surface area contributed by atoms with Gasteiger partial charge < -0.3 is 15.2 Å². The average Bonchev–Trinajstić information content (AvgIpc) is 2.71. The molecular formula is C11H13NO3. The Morgan fingerprint density at radius 2 is 2.00 bits per heavy atom. The van der Waals surface area contributed by atoms with Crippen molar-refractivity contribution in [3.05, 3.63) is 29.8 Å². The minimum Gasteiger partial charge on any atom is -0.398 e. The number of carbonyl (C=O) groups is 1. The van der Waals surface area contributed by atoms with Gasteiger partial charge in [0.05, 0.1) is 19.6 Å². The summed E-state index contributed by atoms with van der Waals surface area (Å²) in [5.41, 5.74) is 6.73. The third-order valence-corrected chi connectivity index (χ3v) is 2.30. The summed E-state index contributed by atoms with van der Waals surface area (Å²) in [4.78, 5) is 11.8. The van der Waals surface area contributed by atoms with Gasteiger partial charge in [-0.05, 0) is 12.1 Å². The number of hydrogen-bond donors (Lipinski definition) is 1. The molecule has 1 aromatic carbocycles. The second-order valence-corrected chi connectivity index (χ2v) is 3.39. The zero-order chi connectivity index (χ0) is 10.7. The van der Waals surface area contributed by atoms with Crippen molar-refractivity contribution in [1.29, 1.82) is 0 Å². The molecule has 0 unspecified atom stereocenters. The topological polar surface area (TPSA) is 61.6 Å². The zero-order valence-electron chi connectivity index (χ0n) is 8.31. The predicted octanol–water partition coefficient (Wildman–Crippen LogP) is 1.21. The van der Waals surface area contributed by atoms with Gasteiger partial charge in [0.2, 0.25) is 0 Å². The van der Waals surface area contributed by atoms with Gasteiger partial charge in [0.15, 0.2) is 12.1 Å². The number of rotatable bonds is 3. The summed E-state index contributed by atoms with van der Waals surface area (Å²) in [5, 5.41) is 0. The van der Waals surface area contributed by atoms with Gasteiger partial charge in [-0.2, -0.15) is 0 Å². The predicted molar refractivity (Wildman–Crippen MR) is 55.5 cm³/mol. The number of ketones is 1. The Bertz CT molecular complexity index is 359. The van der Waals surface area contributed by atoms with Crippen LogP contribution in [0.2, 0.25) is 0 Å². The van der Waals surface area contributed by atoms with Crippen LogP contribution in [-0.2, 0) is 9.47 Å². The lowest BCUT2D eigenvalue weighted by Crippen LogP contribution is -2.15. The van der Waals surface area contributed by atoms with E-state index in [0.29, 0.717) is 24.5 Å². The number of para-hydroxylation sites is 1. The highest BCUT2D eigenvalue weighted by molar-refractivity contribution is 6.00. The van der Waals surface area contributed by atoms with E-state index in [4.69, 9.17) is 15.2 Å². The molecular weight excluding hydrogens is 194 g/mol. The quantitative estimate of drug-likeness (QED) is 0.598. The van der Waals surface area contributed by atoms with Crippen molar-refractivity contribution in [2.45, 2.75) is 12.7 Å². The van der Waals surface area contributed by atoms with E-state index < -0.39 is 6.29 Å². The van der Waals surface area contributed by atoms with Crippen molar-refractivity contribution >= 4 is 11.5 Å². The molecule has 2 N–H and O–H groups in total. The second kappa shape index (κ2) is 4.42. The number of Topliss-reactive ketones (excluding diaryl/α,β-unsaturated/α-hetero) is 1. The van der Waals surface area contributed by atoms with Gasteiger partial charge in [-0.25, -0.2) is 0 Å². The van der Waals surface area contributed by atoms with Gasteiger partial charge >= 0.3 is 0 Å². The number of ether oxygens (including phenoxy) is 2.